The van der Waals surface area contributed by atoms with Crippen LogP contribution in [0.4, 0.5) is 0 Å². The lowest BCUT2D eigenvalue weighted by molar-refractivity contribution is -0.127. The van der Waals surface area contributed by atoms with Crippen molar-refractivity contribution in [1.29, 1.82) is 0 Å². The van der Waals surface area contributed by atoms with Gasteiger partial charge in [-0.1, -0.05) is 30.2 Å². The summed E-state index contributed by atoms with van der Waals surface area (Å²) in [5.41, 5.74) is 1.11. The molecular weight excluding hydrogens is 358 g/mol. The van der Waals surface area contributed by atoms with Crippen molar-refractivity contribution in [1.82, 2.24) is 5.32 Å². The Morgan fingerprint density at radius 2 is 1.75 bits per heavy atom. The molecule has 1 amide bonds. The number of benzene rings is 1. The summed E-state index contributed by atoms with van der Waals surface area (Å²) in [4.78, 5) is 12.7. The molecule has 1 N–H and O–H groups in total. The molecule has 0 aromatic heterocycles. The highest BCUT2D eigenvalue weighted by molar-refractivity contribution is 8.21. The number of hydrogen-bond donors (Lipinski definition) is 1. The average Bonchev–Trinajstić information content (AvgIpc) is 3.03. The second-order valence-corrected chi connectivity index (χ2v) is 10.7. The van der Waals surface area contributed by atoms with Crippen molar-refractivity contribution in [2.45, 2.75) is 42.7 Å². The van der Waals surface area contributed by atoms with E-state index in [9.17, 15) is 4.79 Å². The number of nitrogens with one attached hydrogen (secondary N) is 1. The molecule has 1 aliphatic heterocycles. The number of amides is 1. The first-order valence-electron chi connectivity index (χ1n) is 8.97. The van der Waals surface area contributed by atoms with E-state index in [1.807, 2.05) is 24.3 Å². The van der Waals surface area contributed by atoms with Gasteiger partial charge in [-0.05, 0) is 55.2 Å². The van der Waals surface area contributed by atoms with E-state index < -0.39 is 0 Å². The van der Waals surface area contributed by atoms with Crippen LogP contribution < -0.4 is 5.32 Å². The van der Waals surface area contributed by atoms with Gasteiger partial charge in [0, 0.05) is 29.0 Å². The minimum Gasteiger partial charge on any atom is -0.352 e. The van der Waals surface area contributed by atoms with Crippen molar-refractivity contribution in [3.05, 3.63) is 34.9 Å². The number of carbonyl (C=O) groups excluding carboxylic acids is 1. The Labute approximate surface area is 157 Å². The van der Waals surface area contributed by atoms with Gasteiger partial charge in [0.2, 0.25) is 5.91 Å². The molecule has 3 fully saturated rings. The highest BCUT2D eigenvalue weighted by Crippen LogP contribution is 2.64. The third kappa shape index (κ3) is 3.22. The van der Waals surface area contributed by atoms with Crippen molar-refractivity contribution in [3.63, 3.8) is 0 Å². The normalized spacial score (nSPS) is 31.1. The van der Waals surface area contributed by atoms with E-state index in [0.717, 1.165) is 35.3 Å². The van der Waals surface area contributed by atoms with Crippen LogP contribution in [0.3, 0.4) is 0 Å². The van der Waals surface area contributed by atoms with Gasteiger partial charge in [-0.15, -0.1) is 23.5 Å². The molecule has 5 heteroatoms. The smallest absolute Gasteiger partial charge is 0.223 e. The summed E-state index contributed by atoms with van der Waals surface area (Å²) in [5.74, 6) is 4.52. The van der Waals surface area contributed by atoms with Crippen molar-refractivity contribution < 1.29 is 4.79 Å². The van der Waals surface area contributed by atoms with Gasteiger partial charge >= 0.3 is 0 Å². The fraction of sp³-hybridized carbons (Fsp3) is 0.632. The number of hydrogen-bond acceptors (Lipinski definition) is 3. The van der Waals surface area contributed by atoms with E-state index in [2.05, 4.69) is 28.8 Å². The zero-order valence-corrected chi connectivity index (χ0v) is 16.2. The number of halogens is 1. The zero-order valence-electron chi connectivity index (χ0n) is 13.8. The minimum atomic E-state index is 0.208. The molecule has 2 bridgehead atoms. The second kappa shape index (κ2) is 7.13. The van der Waals surface area contributed by atoms with E-state index in [0.29, 0.717) is 10.6 Å². The molecule has 1 spiro atoms. The van der Waals surface area contributed by atoms with Crippen molar-refractivity contribution in [2.24, 2.45) is 17.8 Å². The molecule has 3 atom stereocenters. The molecule has 130 valence electrons. The highest BCUT2D eigenvalue weighted by Gasteiger charge is 2.55. The molecule has 24 heavy (non-hydrogen) atoms. The third-order valence-corrected chi connectivity index (χ3v) is 10.1. The summed E-state index contributed by atoms with van der Waals surface area (Å²) >= 11 is 10.3. The Bertz CT molecular complexity index is 584. The molecule has 1 saturated heterocycles. The quantitative estimate of drug-likeness (QED) is 0.802. The maximum Gasteiger partial charge on any atom is 0.223 e. The van der Waals surface area contributed by atoms with Crippen molar-refractivity contribution in [2.75, 3.05) is 11.5 Å². The van der Waals surface area contributed by atoms with Crippen LogP contribution in [0.2, 0.25) is 5.02 Å². The predicted octanol–water partition coefficient (Wildman–Crippen LogP) is 4.96. The summed E-state index contributed by atoms with van der Waals surface area (Å²) in [7, 11) is 0. The summed E-state index contributed by atoms with van der Waals surface area (Å²) in [6, 6.07) is 7.73. The molecule has 3 aliphatic rings. The van der Waals surface area contributed by atoms with Gasteiger partial charge in [-0.3, -0.25) is 4.79 Å². The summed E-state index contributed by atoms with van der Waals surface area (Å²) in [6.45, 7) is 0.608. The Morgan fingerprint density at radius 1 is 1.12 bits per heavy atom. The van der Waals surface area contributed by atoms with Crippen molar-refractivity contribution >= 4 is 41.0 Å². The fourth-order valence-electron chi connectivity index (χ4n) is 4.76. The van der Waals surface area contributed by atoms with E-state index in [1.54, 1.807) is 0 Å². The highest BCUT2D eigenvalue weighted by atomic mass is 35.5. The third-order valence-electron chi connectivity index (χ3n) is 5.87. The van der Waals surface area contributed by atoms with Gasteiger partial charge in [0.05, 0.1) is 4.08 Å². The SMILES string of the molecule is O=C(NCc1ccc(Cl)cc1)C1C[C@H]2CCC[C@@H](C1)C21SCCS1. The van der Waals surface area contributed by atoms with Gasteiger partial charge in [0.25, 0.3) is 0 Å². The molecule has 2 nitrogen and oxygen atoms in total. The topological polar surface area (TPSA) is 29.1 Å². The lowest BCUT2D eigenvalue weighted by atomic mass is 9.67. The molecule has 1 heterocycles. The molecule has 2 aliphatic carbocycles. The summed E-state index contributed by atoms with van der Waals surface area (Å²) in [5, 5.41) is 3.90. The van der Waals surface area contributed by atoms with Gasteiger partial charge in [-0.25, -0.2) is 0 Å². The minimum absolute atomic E-state index is 0.208. The maximum atomic E-state index is 12.7. The molecular formula is C19H24ClNOS2. The molecule has 4 rings (SSSR count). The Hall–Kier alpha value is -0.320. The molecule has 2 saturated carbocycles. The Morgan fingerprint density at radius 3 is 2.38 bits per heavy atom. The van der Waals surface area contributed by atoms with Crippen LogP contribution in [0.25, 0.3) is 0 Å². The predicted molar refractivity (Wildman–Crippen MR) is 105 cm³/mol. The molecule has 1 unspecified atom stereocenters. The molecule has 1 aromatic carbocycles. The lowest BCUT2D eigenvalue weighted by Crippen LogP contribution is -2.49. The number of rotatable bonds is 3. The van der Waals surface area contributed by atoms with Crippen LogP contribution in [0, 0.1) is 17.8 Å². The summed E-state index contributed by atoms with van der Waals surface area (Å²) in [6.07, 6.45) is 6.16. The van der Waals surface area contributed by atoms with E-state index in [-0.39, 0.29) is 11.8 Å². The maximum absolute atomic E-state index is 12.7. The van der Waals surface area contributed by atoms with Gasteiger partial charge in [0.15, 0.2) is 0 Å². The first kappa shape index (κ1) is 17.1. The first-order valence-corrected chi connectivity index (χ1v) is 11.3. The first-order chi connectivity index (χ1) is 11.7. The van der Waals surface area contributed by atoms with Crippen LogP contribution >= 0.6 is 35.1 Å². The monoisotopic (exact) mass is 381 g/mol. The van der Waals surface area contributed by atoms with Crippen LogP contribution in [-0.4, -0.2) is 21.5 Å². The van der Waals surface area contributed by atoms with E-state index in [1.165, 1.54) is 30.8 Å². The Kier molecular flexibility index (Phi) is 5.08. The fourth-order valence-corrected chi connectivity index (χ4v) is 8.82. The molecule has 1 aromatic rings. The average molecular weight is 382 g/mol. The van der Waals surface area contributed by atoms with E-state index >= 15 is 0 Å². The molecule has 0 radical (unpaired) electrons. The van der Waals surface area contributed by atoms with Gasteiger partial charge in [-0.2, -0.15) is 0 Å². The van der Waals surface area contributed by atoms with E-state index in [4.69, 9.17) is 11.6 Å². The number of thioether (sulfide) groups is 2. The van der Waals surface area contributed by atoms with Gasteiger partial charge < -0.3 is 5.32 Å². The largest absolute Gasteiger partial charge is 0.352 e. The Balaban J connectivity index is 1.38. The van der Waals surface area contributed by atoms with Crippen LogP contribution in [0.1, 0.15) is 37.7 Å². The second-order valence-electron chi connectivity index (χ2n) is 7.26. The van der Waals surface area contributed by atoms with Gasteiger partial charge in [0.1, 0.15) is 0 Å². The zero-order chi connectivity index (χ0) is 16.6. The summed E-state index contributed by atoms with van der Waals surface area (Å²) < 4.78 is 0.450. The lowest BCUT2D eigenvalue weighted by Gasteiger charge is -2.52. The van der Waals surface area contributed by atoms with Crippen LogP contribution in [0.5, 0.6) is 0 Å². The van der Waals surface area contributed by atoms with Crippen LogP contribution in [-0.2, 0) is 11.3 Å². The van der Waals surface area contributed by atoms with Crippen molar-refractivity contribution in [3.8, 4) is 0 Å². The number of carbonyl (C=O) groups is 1. The van der Waals surface area contributed by atoms with Crippen LogP contribution in [0.15, 0.2) is 24.3 Å². The standard InChI is InChI=1S/C19H24ClNOS2/c20-17-6-4-13(5-7-17)12-21-18(22)14-10-15-2-1-3-16(11-14)19(15)23-8-9-24-19/h4-7,14-16H,1-3,8-12H2,(H,21,22)/t14?,15-,16+.